The summed E-state index contributed by atoms with van der Waals surface area (Å²) in [5.74, 6) is -7.02. The highest BCUT2D eigenvalue weighted by Crippen LogP contribution is 2.37. The Hall–Kier alpha value is -1.90. The van der Waals surface area contributed by atoms with Crippen molar-refractivity contribution in [2.45, 2.75) is 128 Å². The van der Waals surface area contributed by atoms with Crippen molar-refractivity contribution in [3.63, 3.8) is 0 Å². The molecule has 4 fully saturated rings. The summed E-state index contributed by atoms with van der Waals surface area (Å²) in [7, 11) is 0. The predicted molar refractivity (Wildman–Crippen MR) is 162 cm³/mol. The SMILES string of the molecule is N[C@@H](CCC(=O)OC[C@H]1O[C@H](O[C@]2(CO)O[C@H](CO)[C@@H](O)[C@@H]2O)[C@H](O)[C@@H](O)[C@@H]1O)C(=O)OC[C@H]1O[C@H](O[C@]2(CO)O[C@H](CO)[C@@H](O)[C@@H]2O)[C@H](O)[C@@H](O)[C@@H]1O. The number of nitrogens with two attached hydrogens (primary N) is 1. The molecule has 4 heterocycles. The molecule has 4 aliphatic rings. The third-order valence-corrected chi connectivity index (χ3v) is 9.54. The fourth-order valence-corrected chi connectivity index (χ4v) is 6.15. The number of rotatable bonds is 16. The summed E-state index contributed by atoms with van der Waals surface area (Å²) in [5, 5.41) is 141. The summed E-state index contributed by atoms with van der Waals surface area (Å²) in [5.41, 5.74) is 5.80. The van der Waals surface area contributed by atoms with E-state index in [0.29, 0.717) is 0 Å². The van der Waals surface area contributed by atoms with Crippen LogP contribution in [0, 0.1) is 0 Å². The number of carbonyl (C=O) groups excluding carboxylic acids is 2. The molecule has 314 valence electrons. The molecule has 0 unspecified atom stereocenters. The van der Waals surface area contributed by atoms with Crippen molar-refractivity contribution in [3.8, 4) is 0 Å². The van der Waals surface area contributed by atoms with Crippen LogP contribution in [-0.4, -0.2) is 239 Å². The first-order chi connectivity index (χ1) is 25.4. The second kappa shape index (κ2) is 18.6. The highest BCUT2D eigenvalue weighted by atomic mass is 16.8. The van der Waals surface area contributed by atoms with Crippen molar-refractivity contribution in [2.24, 2.45) is 5.73 Å². The molecule has 0 spiro atoms. The van der Waals surface area contributed by atoms with Gasteiger partial charge >= 0.3 is 11.9 Å². The van der Waals surface area contributed by atoms with Crippen molar-refractivity contribution in [2.75, 3.05) is 39.6 Å². The van der Waals surface area contributed by atoms with Crippen molar-refractivity contribution in [1.82, 2.24) is 0 Å². The second-order valence-electron chi connectivity index (χ2n) is 13.2. The number of ether oxygens (including phenoxy) is 8. The molecule has 0 aromatic carbocycles. The summed E-state index contributed by atoms with van der Waals surface area (Å²) in [6, 6.07) is -1.49. The highest BCUT2D eigenvalue weighted by Gasteiger charge is 2.60. The zero-order chi connectivity index (χ0) is 40.3. The van der Waals surface area contributed by atoms with Crippen LogP contribution in [0.4, 0.5) is 0 Å². The van der Waals surface area contributed by atoms with Gasteiger partial charge in [0.1, 0.15) is 118 Å². The molecule has 25 heteroatoms. The smallest absolute Gasteiger partial charge is 0.323 e. The molecule has 0 bridgehead atoms. The van der Waals surface area contributed by atoms with E-state index < -0.39 is 180 Å². The number of hydrogen-bond donors (Lipinski definition) is 15. The molecule has 0 aliphatic carbocycles. The minimum atomic E-state index is -2.44. The van der Waals surface area contributed by atoms with Crippen molar-refractivity contribution in [1.29, 1.82) is 0 Å². The fraction of sp³-hybridized carbons (Fsp3) is 0.931. The van der Waals surface area contributed by atoms with Crippen LogP contribution in [0.25, 0.3) is 0 Å². The van der Waals surface area contributed by atoms with E-state index in [4.69, 9.17) is 43.6 Å². The molecule has 4 aliphatic heterocycles. The van der Waals surface area contributed by atoms with Gasteiger partial charge < -0.3 is 115 Å². The van der Waals surface area contributed by atoms with Crippen LogP contribution >= 0.6 is 0 Å². The molecule has 0 amide bonds. The van der Waals surface area contributed by atoms with Crippen LogP contribution in [0.5, 0.6) is 0 Å². The molecular formula is C29H49NO24. The lowest BCUT2D eigenvalue weighted by molar-refractivity contribution is -0.383. The van der Waals surface area contributed by atoms with Gasteiger partial charge in [0.05, 0.1) is 13.2 Å². The van der Waals surface area contributed by atoms with E-state index in [1.165, 1.54) is 0 Å². The lowest BCUT2D eigenvalue weighted by Crippen LogP contribution is -2.63. The topological polar surface area (TPSA) is 417 Å². The van der Waals surface area contributed by atoms with Gasteiger partial charge in [0, 0.05) is 6.42 Å². The Balaban J connectivity index is 1.26. The Bertz CT molecular complexity index is 1240. The van der Waals surface area contributed by atoms with Crippen molar-refractivity contribution in [3.05, 3.63) is 0 Å². The minimum absolute atomic E-state index is 0.398. The number of aliphatic hydroxyl groups is 14. The van der Waals surface area contributed by atoms with Crippen LogP contribution in [0.1, 0.15) is 12.8 Å². The number of hydrogen-bond acceptors (Lipinski definition) is 25. The first kappa shape index (κ1) is 44.8. The van der Waals surface area contributed by atoms with E-state index in [0.717, 1.165) is 0 Å². The lowest BCUT2D eigenvalue weighted by Gasteiger charge is -2.43. The van der Waals surface area contributed by atoms with Gasteiger partial charge in [-0.2, -0.15) is 0 Å². The number of carbonyl (C=O) groups is 2. The predicted octanol–water partition coefficient (Wildman–Crippen LogP) is -10.6. The van der Waals surface area contributed by atoms with E-state index in [9.17, 15) is 81.1 Å². The van der Waals surface area contributed by atoms with Gasteiger partial charge in [-0.25, -0.2) is 0 Å². The highest BCUT2D eigenvalue weighted by molar-refractivity contribution is 5.77. The van der Waals surface area contributed by atoms with Gasteiger partial charge in [-0.15, -0.1) is 0 Å². The summed E-state index contributed by atoms with van der Waals surface area (Å²) in [6.45, 7) is -5.41. The normalized spacial score (nSPS) is 46.0. The van der Waals surface area contributed by atoms with E-state index in [1.807, 2.05) is 0 Å². The van der Waals surface area contributed by atoms with Gasteiger partial charge in [-0.3, -0.25) is 9.59 Å². The van der Waals surface area contributed by atoms with E-state index in [2.05, 4.69) is 0 Å². The maximum Gasteiger partial charge on any atom is 0.323 e. The first-order valence-corrected chi connectivity index (χ1v) is 16.7. The Morgan fingerprint density at radius 2 is 0.981 bits per heavy atom. The molecule has 19 atom stereocenters. The quantitative estimate of drug-likeness (QED) is 0.0645. The van der Waals surface area contributed by atoms with Crippen LogP contribution in [0.2, 0.25) is 0 Å². The fourth-order valence-electron chi connectivity index (χ4n) is 6.15. The molecule has 25 nitrogen and oxygen atoms in total. The van der Waals surface area contributed by atoms with Crippen LogP contribution in [0.15, 0.2) is 0 Å². The maximum atomic E-state index is 12.6. The summed E-state index contributed by atoms with van der Waals surface area (Å²) < 4.78 is 42.1. The van der Waals surface area contributed by atoms with Gasteiger partial charge in [0.15, 0.2) is 12.6 Å². The van der Waals surface area contributed by atoms with Crippen LogP contribution in [0.3, 0.4) is 0 Å². The zero-order valence-electron chi connectivity index (χ0n) is 28.4. The molecule has 16 N–H and O–H groups in total. The maximum absolute atomic E-state index is 12.6. The van der Waals surface area contributed by atoms with E-state index in [-0.39, 0.29) is 0 Å². The Kier molecular flexibility index (Phi) is 15.4. The Morgan fingerprint density at radius 3 is 1.35 bits per heavy atom. The Labute approximate surface area is 305 Å². The second-order valence-corrected chi connectivity index (χ2v) is 13.2. The van der Waals surface area contributed by atoms with E-state index in [1.54, 1.807) is 0 Å². The summed E-state index contributed by atoms with van der Waals surface area (Å²) >= 11 is 0. The molecule has 0 saturated carbocycles. The number of esters is 2. The average Bonchev–Trinajstić information content (AvgIpc) is 3.56. The molecule has 4 saturated heterocycles. The van der Waals surface area contributed by atoms with E-state index >= 15 is 0 Å². The molecule has 54 heavy (non-hydrogen) atoms. The van der Waals surface area contributed by atoms with Crippen LogP contribution < -0.4 is 5.73 Å². The monoisotopic (exact) mass is 795 g/mol. The van der Waals surface area contributed by atoms with Crippen LogP contribution in [-0.2, 0) is 47.5 Å². The Morgan fingerprint density at radius 1 is 0.574 bits per heavy atom. The minimum Gasteiger partial charge on any atom is -0.463 e. The third kappa shape index (κ3) is 9.12. The standard InChI is InChI=1S/C29H49NO24/c30-9(25(46)48-6-13-16(37)20(41)22(43)27(50-13)54-29(8-34)24(45)18(39)11(4-32)52-29)1-2-14(35)47-5-12-15(36)19(40)21(42)26(49-12)53-28(7-33)23(44)17(38)10(3-31)51-28/h9-13,15-24,26-27,31-34,36-45H,1-8,30H2/t9-,10+,11+,12+,13+,15+,16+,17+,18+,19-,20-,21+,22+,23-,24-,26+,27+,28-,29-/m0/s1. The number of aliphatic hydroxyl groups excluding tert-OH is 14. The zero-order valence-corrected chi connectivity index (χ0v) is 28.4. The molecular weight excluding hydrogens is 746 g/mol. The largest absolute Gasteiger partial charge is 0.463 e. The summed E-state index contributed by atoms with van der Waals surface area (Å²) in [6.07, 6.45) is -30.0. The van der Waals surface area contributed by atoms with Gasteiger partial charge in [0.25, 0.3) is 0 Å². The summed E-state index contributed by atoms with van der Waals surface area (Å²) in [4.78, 5) is 25.0. The first-order valence-electron chi connectivity index (χ1n) is 16.7. The van der Waals surface area contributed by atoms with Gasteiger partial charge in [0.2, 0.25) is 11.6 Å². The average molecular weight is 796 g/mol. The molecule has 0 aromatic heterocycles. The lowest BCUT2D eigenvalue weighted by atomic mass is 9.98. The molecule has 0 radical (unpaired) electrons. The molecule has 0 aromatic rings. The van der Waals surface area contributed by atoms with Crippen molar-refractivity contribution >= 4 is 11.9 Å². The molecule has 4 rings (SSSR count). The van der Waals surface area contributed by atoms with Crippen molar-refractivity contribution < 1.29 is 119 Å². The third-order valence-electron chi connectivity index (χ3n) is 9.54. The van der Waals surface area contributed by atoms with Gasteiger partial charge in [-0.05, 0) is 6.42 Å². The van der Waals surface area contributed by atoms with Gasteiger partial charge in [-0.1, -0.05) is 0 Å².